The van der Waals surface area contributed by atoms with Crippen LogP contribution >= 0.6 is 0 Å². The SMILES string of the molecule is CC(C)N(Cc1ccc(C#N)cc1)C(=O)COCC1CCCO1. The van der Waals surface area contributed by atoms with Crippen LogP contribution in [0.1, 0.15) is 37.8 Å². The number of hydrogen-bond donors (Lipinski definition) is 0. The first-order valence-electron chi connectivity index (χ1n) is 8.08. The van der Waals surface area contributed by atoms with E-state index in [4.69, 9.17) is 14.7 Å². The molecule has 0 aliphatic carbocycles. The molecule has 1 aliphatic rings. The first kappa shape index (κ1) is 17.5. The van der Waals surface area contributed by atoms with Crippen LogP contribution in [0.3, 0.4) is 0 Å². The van der Waals surface area contributed by atoms with Crippen LogP contribution in [-0.2, 0) is 20.8 Å². The average Bonchev–Trinajstić information content (AvgIpc) is 3.06. The molecule has 1 aliphatic heterocycles. The molecule has 0 radical (unpaired) electrons. The smallest absolute Gasteiger partial charge is 0.249 e. The molecule has 1 aromatic carbocycles. The van der Waals surface area contributed by atoms with Crippen molar-refractivity contribution in [3.63, 3.8) is 0 Å². The van der Waals surface area contributed by atoms with Gasteiger partial charge in [-0.3, -0.25) is 4.79 Å². The van der Waals surface area contributed by atoms with Crippen molar-refractivity contribution in [2.75, 3.05) is 19.8 Å². The molecule has 0 saturated carbocycles. The molecule has 1 amide bonds. The summed E-state index contributed by atoms with van der Waals surface area (Å²) in [7, 11) is 0. The molecule has 124 valence electrons. The van der Waals surface area contributed by atoms with Crippen LogP contribution in [0.25, 0.3) is 0 Å². The number of nitriles is 1. The van der Waals surface area contributed by atoms with Gasteiger partial charge in [-0.05, 0) is 44.4 Å². The van der Waals surface area contributed by atoms with Gasteiger partial charge in [0.25, 0.3) is 0 Å². The molecule has 5 heteroatoms. The molecular weight excluding hydrogens is 292 g/mol. The van der Waals surface area contributed by atoms with Gasteiger partial charge in [-0.2, -0.15) is 5.26 Å². The van der Waals surface area contributed by atoms with E-state index in [1.165, 1.54) is 0 Å². The van der Waals surface area contributed by atoms with Gasteiger partial charge >= 0.3 is 0 Å². The molecule has 0 bridgehead atoms. The Hall–Kier alpha value is -1.90. The predicted octanol–water partition coefficient (Wildman–Crippen LogP) is 2.49. The van der Waals surface area contributed by atoms with Gasteiger partial charge in [0.2, 0.25) is 5.91 Å². The number of nitrogens with zero attached hydrogens (tertiary/aromatic N) is 2. The molecule has 1 atom stereocenters. The lowest BCUT2D eigenvalue weighted by molar-refractivity contribution is -0.139. The Morgan fingerprint density at radius 3 is 2.74 bits per heavy atom. The van der Waals surface area contributed by atoms with E-state index < -0.39 is 0 Å². The number of rotatable bonds is 7. The van der Waals surface area contributed by atoms with E-state index in [0.29, 0.717) is 18.7 Å². The summed E-state index contributed by atoms with van der Waals surface area (Å²) in [4.78, 5) is 14.2. The fourth-order valence-corrected chi connectivity index (χ4v) is 2.58. The lowest BCUT2D eigenvalue weighted by atomic mass is 10.1. The zero-order valence-corrected chi connectivity index (χ0v) is 13.8. The molecule has 0 aromatic heterocycles. The molecule has 2 rings (SSSR count). The van der Waals surface area contributed by atoms with Gasteiger partial charge in [-0.25, -0.2) is 0 Å². The standard InChI is InChI=1S/C18H24N2O3/c1-14(2)20(11-16-7-5-15(10-19)6-8-16)18(21)13-22-12-17-4-3-9-23-17/h5-8,14,17H,3-4,9,11-13H2,1-2H3. The molecule has 1 aromatic rings. The Bertz CT molecular complexity index is 542. The van der Waals surface area contributed by atoms with Gasteiger partial charge in [0.15, 0.2) is 0 Å². The molecule has 0 N–H and O–H groups in total. The Labute approximate surface area is 137 Å². The topological polar surface area (TPSA) is 62.6 Å². The third kappa shape index (κ3) is 5.34. The zero-order valence-electron chi connectivity index (χ0n) is 13.8. The molecule has 1 fully saturated rings. The second-order valence-electron chi connectivity index (χ2n) is 6.07. The van der Waals surface area contributed by atoms with Crippen LogP contribution in [0, 0.1) is 11.3 Å². The third-order valence-electron chi connectivity index (χ3n) is 3.93. The summed E-state index contributed by atoms with van der Waals surface area (Å²) in [5.74, 6) is -0.0256. The fourth-order valence-electron chi connectivity index (χ4n) is 2.58. The molecule has 1 heterocycles. The highest BCUT2D eigenvalue weighted by Gasteiger charge is 2.20. The quantitative estimate of drug-likeness (QED) is 0.775. The van der Waals surface area contributed by atoms with Crippen molar-refractivity contribution in [3.8, 4) is 6.07 Å². The second-order valence-corrected chi connectivity index (χ2v) is 6.07. The summed E-state index contributed by atoms with van der Waals surface area (Å²) < 4.78 is 11.0. The monoisotopic (exact) mass is 316 g/mol. The van der Waals surface area contributed by atoms with E-state index in [0.717, 1.165) is 25.0 Å². The van der Waals surface area contributed by atoms with Gasteiger partial charge in [-0.15, -0.1) is 0 Å². The fraction of sp³-hybridized carbons (Fsp3) is 0.556. The van der Waals surface area contributed by atoms with Crippen molar-refractivity contribution in [1.29, 1.82) is 5.26 Å². The van der Waals surface area contributed by atoms with E-state index in [2.05, 4.69) is 6.07 Å². The number of amides is 1. The molecule has 23 heavy (non-hydrogen) atoms. The minimum absolute atomic E-state index is 0.0256. The van der Waals surface area contributed by atoms with Gasteiger partial charge in [0.1, 0.15) is 6.61 Å². The first-order chi connectivity index (χ1) is 11.1. The molecule has 1 saturated heterocycles. The molecule has 0 spiro atoms. The van der Waals surface area contributed by atoms with Crippen molar-refractivity contribution >= 4 is 5.91 Å². The van der Waals surface area contributed by atoms with Crippen LogP contribution in [0.4, 0.5) is 0 Å². The summed E-state index contributed by atoms with van der Waals surface area (Å²) in [6.45, 7) is 5.84. The van der Waals surface area contributed by atoms with Crippen LogP contribution in [-0.4, -0.2) is 42.8 Å². The van der Waals surface area contributed by atoms with E-state index in [1.807, 2.05) is 26.0 Å². The van der Waals surface area contributed by atoms with Crippen LogP contribution in [0.5, 0.6) is 0 Å². The van der Waals surface area contributed by atoms with Crippen molar-refractivity contribution in [2.24, 2.45) is 0 Å². The van der Waals surface area contributed by atoms with Crippen LogP contribution < -0.4 is 0 Å². The van der Waals surface area contributed by atoms with Crippen LogP contribution in [0.2, 0.25) is 0 Å². The Morgan fingerprint density at radius 1 is 1.43 bits per heavy atom. The second kappa shape index (κ2) is 8.66. The molecule has 5 nitrogen and oxygen atoms in total. The van der Waals surface area contributed by atoms with Gasteiger partial charge in [0.05, 0.1) is 24.3 Å². The van der Waals surface area contributed by atoms with E-state index in [9.17, 15) is 4.79 Å². The highest BCUT2D eigenvalue weighted by molar-refractivity contribution is 5.77. The minimum atomic E-state index is -0.0256. The van der Waals surface area contributed by atoms with Crippen molar-refractivity contribution in [1.82, 2.24) is 4.90 Å². The number of benzene rings is 1. The largest absolute Gasteiger partial charge is 0.376 e. The van der Waals surface area contributed by atoms with Gasteiger partial charge in [-0.1, -0.05) is 12.1 Å². The lowest BCUT2D eigenvalue weighted by Gasteiger charge is -2.27. The number of carbonyl (C=O) groups excluding carboxylic acids is 1. The van der Waals surface area contributed by atoms with Gasteiger partial charge < -0.3 is 14.4 Å². The first-order valence-corrected chi connectivity index (χ1v) is 8.08. The Balaban J connectivity index is 1.85. The third-order valence-corrected chi connectivity index (χ3v) is 3.93. The number of ether oxygens (including phenoxy) is 2. The Morgan fingerprint density at radius 2 is 2.17 bits per heavy atom. The minimum Gasteiger partial charge on any atom is -0.376 e. The average molecular weight is 316 g/mol. The van der Waals surface area contributed by atoms with Crippen molar-refractivity contribution in [3.05, 3.63) is 35.4 Å². The van der Waals surface area contributed by atoms with E-state index in [1.54, 1.807) is 17.0 Å². The summed E-state index contributed by atoms with van der Waals surface area (Å²) >= 11 is 0. The zero-order chi connectivity index (χ0) is 16.7. The summed E-state index contributed by atoms with van der Waals surface area (Å²) in [5, 5.41) is 8.83. The van der Waals surface area contributed by atoms with E-state index >= 15 is 0 Å². The molecule has 1 unspecified atom stereocenters. The normalized spacial score (nSPS) is 17.2. The number of hydrogen-bond acceptors (Lipinski definition) is 4. The maximum atomic E-state index is 12.4. The summed E-state index contributed by atoms with van der Waals surface area (Å²) in [6, 6.07) is 9.49. The molecular formula is C18H24N2O3. The van der Waals surface area contributed by atoms with Crippen molar-refractivity contribution < 1.29 is 14.3 Å². The lowest BCUT2D eigenvalue weighted by Crippen LogP contribution is -2.39. The van der Waals surface area contributed by atoms with Gasteiger partial charge in [0, 0.05) is 19.2 Å². The predicted molar refractivity (Wildman–Crippen MR) is 86.6 cm³/mol. The maximum Gasteiger partial charge on any atom is 0.249 e. The summed E-state index contributed by atoms with van der Waals surface area (Å²) in [5.41, 5.74) is 1.63. The number of carbonyl (C=O) groups is 1. The van der Waals surface area contributed by atoms with Crippen LogP contribution in [0.15, 0.2) is 24.3 Å². The maximum absolute atomic E-state index is 12.4. The van der Waals surface area contributed by atoms with E-state index in [-0.39, 0.29) is 24.7 Å². The highest BCUT2D eigenvalue weighted by atomic mass is 16.5. The van der Waals surface area contributed by atoms with Crippen molar-refractivity contribution in [2.45, 2.75) is 45.4 Å². The Kier molecular flexibility index (Phi) is 6.57. The highest BCUT2D eigenvalue weighted by Crippen LogP contribution is 2.13. The summed E-state index contributed by atoms with van der Waals surface area (Å²) in [6.07, 6.45) is 2.21.